The van der Waals surface area contributed by atoms with E-state index in [2.05, 4.69) is 61.5 Å². The molecule has 2 heterocycles. The monoisotopic (exact) mass is 733 g/mol. The Balaban J connectivity index is 0.00000276. The first kappa shape index (κ1) is 40.6. The standard InChI is InChI=1S/C38H56ClN3O5S.CH4O/c1-7-9-25(3)26(4)48(44)40-38(43)29-13-16-36-35(18-29)42(21-31(22-45-36)34-15-14-32(39)17-28(34)10-8-2)20-30-12-11-27(30)19-37-46-23-33(24-47-37)41(5)6;1-2/h13-18,25-27,30-31,33,37H,7-12,19-24H2,1-6H3,(H,40,43);2H,1H3. The molecule has 6 atom stereocenters. The minimum atomic E-state index is -1.47. The van der Waals surface area contributed by atoms with E-state index in [1.54, 1.807) is 6.07 Å². The summed E-state index contributed by atoms with van der Waals surface area (Å²) in [5, 5.41) is 7.62. The number of hydrogen-bond donors (Lipinski definition) is 2. The number of anilines is 1. The van der Waals surface area contributed by atoms with Gasteiger partial charge in [-0.3, -0.25) is 9.52 Å². The second-order valence-corrected chi connectivity index (χ2v) is 16.4. The van der Waals surface area contributed by atoms with E-state index in [0.29, 0.717) is 43.3 Å². The van der Waals surface area contributed by atoms with E-state index in [-0.39, 0.29) is 29.3 Å². The number of nitrogens with zero attached hydrogens (tertiary/aromatic N) is 2. The van der Waals surface area contributed by atoms with Crippen molar-refractivity contribution in [2.75, 3.05) is 59.0 Å². The predicted octanol–water partition coefficient (Wildman–Crippen LogP) is 6.82. The van der Waals surface area contributed by atoms with Gasteiger partial charge in [0.15, 0.2) is 6.29 Å². The molecule has 6 unspecified atom stereocenters. The number of hydrogen-bond acceptors (Lipinski definition) is 8. The zero-order chi connectivity index (χ0) is 36.4. The van der Waals surface area contributed by atoms with Gasteiger partial charge in [0, 0.05) is 43.1 Å². The minimum Gasteiger partial charge on any atom is -0.491 e. The fourth-order valence-corrected chi connectivity index (χ4v) is 8.52. The number of aliphatic hydroxyl groups is 1. The van der Waals surface area contributed by atoms with Crippen molar-refractivity contribution in [1.82, 2.24) is 9.62 Å². The van der Waals surface area contributed by atoms with Crippen molar-refractivity contribution in [2.24, 2.45) is 17.8 Å². The van der Waals surface area contributed by atoms with Crippen LogP contribution in [-0.2, 0) is 26.9 Å². The smallest absolute Gasteiger partial charge is 0.263 e. The Bertz CT molecular complexity index is 1400. The number of aliphatic hydroxyl groups excluding tert-OH is 1. The van der Waals surface area contributed by atoms with Crippen LogP contribution in [0, 0.1) is 17.8 Å². The minimum absolute atomic E-state index is 0.131. The van der Waals surface area contributed by atoms with Gasteiger partial charge in [-0.1, -0.05) is 51.3 Å². The molecule has 0 aromatic heterocycles. The van der Waals surface area contributed by atoms with E-state index in [1.807, 2.05) is 25.1 Å². The lowest BCUT2D eigenvalue weighted by Crippen LogP contribution is -2.46. The molecular weight excluding hydrogens is 674 g/mol. The number of ether oxygens (including phenoxy) is 3. The van der Waals surface area contributed by atoms with E-state index >= 15 is 0 Å². The van der Waals surface area contributed by atoms with Gasteiger partial charge in [0.05, 0.1) is 36.8 Å². The Morgan fingerprint density at radius 1 is 1.04 bits per heavy atom. The Labute approximate surface area is 308 Å². The SMILES string of the molecule is CCCc1cc(Cl)ccc1C1COc2ccc(C(=O)NS(=O)C(C)C(C)CCC)cc2N(CC2CCC2CC2OCC(N(C)C)CO2)C1.CO. The number of likely N-dealkylation sites (N-methyl/N-ethyl adjacent to an activating group) is 1. The molecule has 0 spiro atoms. The second-order valence-electron chi connectivity index (χ2n) is 14.4. The number of fused-ring (bicyclic) bond motifs is 1. The summed E-state index contributed by atoms with van der Waals surface area (Å²) in [6.45, 7) is 11.9. The zero-order valence-electron chi connectivity index (χ0n) is 31.2. The molecule has 1 saturated carbocycles. The molecule has 5 rings (SSSR count). The highest BCUT2D eigenvalue weighted by Crippen LogP contribution is 2.43. The van der Waals surface area contributed by atoms with Crippen LogP contribution < -0.4 is 14.4 Å². The van der Waals surface area contributed by atoms with Gasteiger partial charge < -0.3 is 29.1 Å². The summed E-state index contributed by atoms with van der Waals surface area (Å²) in [5.74, 6) is 1.82. The van der Waals surface area contributed by atoms with Crippen molar-refractivity contribution in [3.8, 4) is 5.75 Å². The third-order valence-corrected chi connectivity index (χ3v) is 12.5. The fraction of sp³-hybridized carbons (Fsp3) is 0.667. The first-order valence-corrected chi connectivity index (χ1v) is 20.0. The third-order valence-electron chi connectivity index (χ3n) is 10.8. The lowest BCUT2D eigenvalue weighted by molar-refractivity contribution is -0.212. The van der Waals surface area contributed by atoms with Crippen molar-refractivity contribution >= 4 is 34.2 Å². The first-order valence-electron chi connectivity index (χ1n) is 18.4. The Morgan fingerprint density at radius 2 is 1.76 bits per heavy atom. The summed E-state index contributed by atoms with van der Waals surface area (Å²) in [6.07, 6.45) is 7.02. The highest BCUT2D eigenvalue weighted by molar-refractivity contribution is 7.84. The highest BCUT2D eigenvalue weighted by Gasteiger charge is 2.38. The van der Waals surface area contributed by atoms with Crippen LogP contribution in [0.25, 0.3) is 0 Å². The maximum Gasteiger partial charge on any atom is 0.263 e. The highest BCUT2D eigenvalue weighted by atomic mass is 35.5. The van der Waals surface area contributed by atoms with Gasteiger partial charge in [-0.25, -0.2) is 4.21 Å². The number of carbonyl (C=O) groups is 1. The van der Waals surface area contributed by atoms with Crippen LogP contribution in [0.3, 0.4) is 0 Å². The van der Waals surface area contributed by atoms with Crippen molar-refractivity contribution in [2.45, 2.75) is 96.1 Å². The number of nitrogens with one attached hydrogen (secondary N) is 1. The molecule has 2 aromatic carbocycles. The van der Waals surface area contributed by atoms with Crippen molar-refractivity contribution < 1.29 is 28.3 Å². The zero-order valence-corrected chi connectivity index (χ0v) is 32.7. The van der Waals surface area contributed by atoms with Gasteiger partial charge >= 0.3 is 0 Å². The van der Waals surface area contributed by atoms with Gasteiger partial charge in [0.1, 0.15) is 16.7 Å². The molecule has 2 aliphatic heterocycles. The van der Waals surface area contributed by atoms with Crippen LogP contribution in [0.4, 0.5) is 5.69 Å². The van der Waals surface area contributed by atoms with E-state index < -0.39 is 11.0 Å². The largest absolute Gasteiger partial charge is 0.491 e. The molecule has 11 heteroatoms. The van der Waals surface area contributed by atoms with E-state index in [4.69, 9.17) is 30.9 Å². The number of benzene rings is 2. The van der Waals surface area contributed by atoms with Crippen molar-refractivity contribution in [3.05, 3.63) is 58.1 Å². The molecular formula is C39H60ClN3O6S. The van der Waals surface area contributed by atoms with Crippen LogP contribution >= 0.6 is 11.6 Å². The van der Waals surface area contributed by atoms with E-state index in [1.165, 1.54) is 11.1 Å². The van der Waals surface area contributed by atoms with Crippen LogP contribution in [0.2, 0.25) is 5.02 Å². The number of rotatable bonds is 14. The third kappa shape index (κ3) is 10.4. The molecule has 0 radical (unpaired) electrons. The van der Waals surface area contributed by atoms with Crippen LogP contribution in [0.5, 0.6) is 5.75 Å². The molecule has 1 aliphatic carbocycles. The van der Waals surface area contributed by atoms with Gasteiger partial charge in [0.25, 0.3) is 5.91 Å². The van der Waals surface area contributed by atoms with Crippen molar-refractivity contribution in [1.29, 1.82) is 0 Å². The molecule has 50 heavy (non-hydrogen) atoms. The summed E-state index contributed by atoms with van der Waals surface area (Å²) in [7, 11) is 3.65. The molecule has 2 aromatic rings. The average Bonchev–Trinajstić information content (AvgIpc) is 3.29. The Kier molecular flexibility index (Phi) is 15.9. The maximum atomic E-state index is 13.5. The van der Waals surface area contributed by atoms with Gasteiger partial charge in [-0.15, -0.1) is 0 Å². The first-order chi connectivity index (χ1) is 24.1. The van der Waals surface area contributed by atoms with Gasteiger partial charge in [0.2, 0.25) is 0 Å². The van der Waals surface area contributed by atoms with Crippen molar-refractivity contribution in [3.63, 3.8) is 0 Å². The fourth-order valence-electron chi connectivity index (χ4n) is 7.29. The van der Waals surface area contributed by atoms with Crippen LogP contribution in [0.15, 0.2) is 36.4 Å². The summed E-state index contributed by atoms with van der Waals surface area (Å²) in [4.78, 5) is 18.1. The number of amides is 1. The number of carbonyl (C=O) groups excluding carboxylic acids is 1. The maximum absolute atomic E-state index is 13.5. The lowest BCUT2D eigenvalue weighted by atomic mass is 9.71. The molecule has 2 fully saturated rings. The van der Waals surface area contributed by atoms with Crippen LogP contribution in [0.1, 0.15) is 93.6 Å². The molecule has 2 N–H and O–H groups in total. The lowest BCUT2D eigenvalue weighted by Gasteiger charge is -2.43. The molecule has 1 saturated heterocycles. The van der Waals surface area contributed by atoms with E-state index in [9.17, 15) is 9.00 Å². The molecule has 0 bridgehead atoms. The Morgan fingerprint density at radius 3 is 2.40 bits per heavy atom. The Hall–Kier alpha value is -2.21. The number of halogens is 1. The topological polar surface area (TPSA) is 101 Å². The van der Waals surface area contributed by atoms with Gasteiger partial charge in [-0.2, -0.15) is 0 Å². The van der Waals surface area contributed by atoms with Crippen LogP contribution in [-0.4, -0.2) is 91.8 Å². The summed E-state index contributed by atoms with van der Waals surface area (Å²) >= 11 is 6.45. The molecule has 280 valence electrons. The normalized spacial score (nSPS) is 25.2. The average molecular weight is 734 g/mol. The predicted molar refractivity (Wildman–Crippen MR) is 204 cm³/mol. The molecule has 9 nitrogen and oxygen atoms in total. The quantitative estimate of drug-likeness (QED) is 0.218. The van der Waals surface area contributed by atoms with E-state index in [0.717, 1.165) is 81.6 Å². The summed E-state index contributed by atoms with van der Waals surface area (Å²) in [6, 6.07) is 12.2. The van der Waals surface area contributed by atoms with Gasteiger partial charge in [-0.05, 0) is 106 Å². The molecule has 3 aliphatic rings. The summed E-state index contributed by atoms with van der Waals surface area (Å²) in [5.41, 5.74) is 3.95. The second kappa shape index (κ2) is 19.6. The number of aryl methyl sites for hydroxylation is 1. The summed E-state index contributed by atoms with van der Waals surface area (Å²) < 4.78 is 34.7. The molecule has 1 amide bonds.